The van der Waals surface area contributed by atoms with E-state index in [0.29, 0.717) is 18.6 Å². The van der Waals surface area contributed by atoms with Gasteiger partial charge < -0.3 is 14.4 Å². The van der Waals surface area contributed by atoms with Gasteiger partial charge >= 0.3 is 0 Å². The highest BCUT2D eigenvalue weighted by Crippen LogP contribution is 2.32. The highest BCUT2D eigenvalue weighted by molar-refractivity contribution is 5.37. The van der Waals surface area contributed by atoms with Crippen LogP contribution in [0.3, 0.4) is 0 Å². The number of imidazole rings is 1. The number of aromatic nitrogens is 2. The van der Waals surface area contributed by atoms with Crippen molar-refractivity contribution in [1.82, 2.24) is 9.55 Å². The van der Waals surface area contributed by atoms with Gasteiger partial charge in [0, 0.05) is 31.4 Å². The molecule has 1 N–H and O–H groups in total. The summed E-state index contributed by atoms with van der Waals surface area (Å²) in [5.74, 6) is 1.68. The van der Waals surface area contributed by atoms with Gasteiger partial charge in [-0.1, -0.05) is 18.2 Å². The molecule has 0 fully saturated rings. The Morgan fingerprint density at radius 2 is 2.11 bits per heavy atom. The van der Waals surface area contributed by atoms with Crippen molar-refractivity contribution in [2.24, 2.45) is 7.05 Å². The Balaban J connectivity index is 2.16. The molecule has 0 aliphatic carbocycles. The van der Waals surface area contributed by atoms with Gasteiger partial charge in [-0.3, -0.25) is 0 Å². The maximum atomic E-state index is 10.7. The topological polar surface area (TPSA) is 47.3 Å². The molecule has 0 saturated carbocycles. The lowest BCUT2D eigenvalue weighted by Gasteiger charge is -2.25. The van der Waals surface area contributed by atoms with Crippen LogP contribution in [0, 0.1) is 0 Å². The molecular weight excluding hydrogens is 240 g/mol. The normalized spacial score (nSPS) is 14.1. The number of benzene rings is 1. The summed E-state index contributed by atoms with van der Waals surface area (Å²) in [4.78, 5) is 4.28. The Hall–Kier alpha value is -1.81. The van der Waals surface area contributed by atoms with Gasteiger partial charge in [-0.15, -0.1) is 0 Å². The van der Waals surface area contributed by atoms with E-state index in [1.165, 1.54) is 0 Å². The molecule has 0 aliphatic heterocycles. The van der Waals surface area contributed by atoms with Crippen LogP contribution in [0.4, 0.5) is 0 Å². The number of methoxy groups -OCH3 is 1. The fourth-order valence-electron chi connectivity index (χ4n) is 2.22. The van der Waals surface area contributed by atoms with Crippen molar-refractivity contribution in [3.05, 3.63) is 48.0 Å². The van der Waals surface area contributed by atoms with Crippen LogP contribution in [0.5, 0.6) is 5.75 Å². The lowest BCUT2D eigenvalue weighted by Crippen LogP contribution is -2.23. The third-order valence-corrected chi connectivity index (χ3v) is 3.44. The molecule has 4 heteroatoms. The smallest absolute Gasteiger partial charge is 0.124 e. The number of hydrogen-bond donors (Lipinski definition) is 1. The Labute approximate surface area is 113 Å². The first kappa shape index (κ1) is 13.6. The minimum absolute atomic E-state index is 0.595. The lowest BCUT2D eigenvalue weighted by molar-refractivity contribution is 0.0448. The van der Waals surface area contributed by atoms with Gasteiger partial charge in [-0.25, -0.2) is 4.98 Å². The van der Waals surface area contributed by atoms with E-state index in [1.54, 1.807) is 13.3 Å². The van der Waals surface area contributed by atoms with E-state index in [4.69, 9.17) is 4.74 Å². The van der Waals surface area contributed by atoms with E-state index in [2.05, 4.69) is 4.98 Å². The lowest BCUT2D eigenvalue weighted by atomic mass is 9.90. The quantitative estimate of drug-likeness (QED) is 0.897. The van der Waals surface area contributed by atoms with Gasteiger partial charge in [-0.05, 0) is 19.4 Å². The van der Waals surface area contributed by atoms with Gasteiger partial charge in [0.05, 0.1) is 12.7 Å². The summed E-state index contributed by atoms with van der Waals surface area (Å²) in [6.45, 7) is 1.81. The number of rotatable bonds is 5. The van der Waals surface area contributed by atoms with E-state index < -0.39 is 5.60 Å². The summed E-state index contributed by atoms with van der Waals surface area (Å²) >= 11 is 0. The molecule has 0 aliphatic rings. The minimum Gasteiger partial charge on any atom is -0.496 e. The molecule has 1 aromatic carbocycles. The molecule has 4 nitrogen and oxygen atoms in total. The molecule has 0 bridgehead atoms. The fraction of sp³-hybridized carbons (Fsp3) is 0.400. The highest BCUT2D eigenvalue weighted by atomic mass is 16.5. The van der Waals surface area contributed by atoms with Crippen molar-refractivity contribution in [2.75, 3.05) is 7.11 Å². The van der Waals surface area contributed by atoms with Gasteiger partial charge in [-0.2, -0.15) is 0 Å². The number of para-hydroxylation sites is 1. The third kappa shape index (κ3) is 2.96. The van der Waals surface area contributed by atoms with Crippen molar-refractivity contribution >= 4 is 0 Å². The van der Waals surface area contributed by atoms with Crippen LogP contribution < -0.4 is 4.74 Å². The predicted octanol–water partition coefficient (Wildman–Crippen LogP) is 2.27. The molecular formula is C15H20N2O2. The van der Waals surface area contributed by atoms with Gasteiger partial charge in [0.1, 0.15) is 11.6 Å². The molecule has 1 aromatic heterocycles. The zero-order valence-corrected chi connectivity index (χ0v) is 11.6. The van der Waals surface area contributed by atoms with Crippen molar-refractivity contribution in [3.8, 4) is 5.75 Å². The highest BCUT2D eigenvalue weighted by Gasteiger charge is 2.26. The standard InChI is InChI=1S/C15H20N2O2/c1-15(18,9-8-14-16-10-11-17(14)2)12-6-4-5-7-13(12)19-3/h4-7,10-11,18H,8-9H2,1-3H3. The SMILES string of the molecule is COc1ccccc1C(C)(O)CCc1nccn1C. The first-order chi connectivity index (χ1) is 9.04. The molecule has 0 saturated heterocycles. The van der Waals surface area contributed by atoms with E-state index >= 15 is 0 Å². The summed E-state index contributed by atoms with van der Waals surface area (Å²) in [6.07, 6.45) is 4.99. The first-order valence-electron chi connectivity index (χ1n) is 6.36. The number of nitrogens with zero attached hydrogens (tertiary/aromatic N) is 2. The Kier molecular flexibility index (Phi) is 3.90. The van der Waals surface area contributed by atoms with Crippen LogP contribution in [0.25, 0.3) is 0 Å². The van der Waals surface area contributed by atoms with E-state index in [1.807, 2.05) is 49.0 Å². The number of aryl methyl sites for hydroxylation is 2. The number of aliphatic hydroxyl groups is 1. The molecule has 2 rings (SSSR count). The number of ether oxygens (including phenoxy) is 1. The van der Waals surface area contributed by atoms with Crippen molar-refractivity contribution < 1.29 is 9.84 Å². The van der Waals surface area contributed by atoms with Crippen molar-refractivity contribution in [1.29, 1.82) is 0 Å². The molecule has 102 valence electrons. The number of hydrogen-bond acceptors (Lipinski definition) is 3. The summed E-state index contributed by atoms with van der Waals surface area (Å²) < 4.78 is 7.28. The largest absolute Gasteiger partial charge is 0.496 e. The molecule has 1 atom stereocenters. The van der Waals surface area contributed by atoms with Crippen LogP contribution in [-0.4, -0.2) is 21.8 Å². The second-order valence-corrected chi connectivity index (χ2v) is 4.93. The molecule has 0 radical (unpaired) electrons. The third-order valence-electron chi connectivity index (χ3n) is 3.44. The zero-order valence-electron chi connectivity index (χ0n) is 11.6. The Morgan fingerprint density at radius 1 is 1.37 bits per heavy atom. The molecule has 2 aromatic rings. The van der Waals surface area contributed by atoms with Crippen molar-refractivity contribution in [2.45, 2.75) is 25.4 Å². The minimum atomic E-state index is -0.932. The Bertz CT molecular complexity index is 547. The van der Waals surface area contributed by atoms with Gasteiger partial charge in [0.15, 0.2) is 0 Å². The van der Waals surface area contributed by atoms with Gasteiger partial charge in [0.25, 0.3) is 0 Å². The van der Waals surface area contributed by atoms with Crippen LogP contribution in [0.1, 0.15) is 24.7 Å². The van der Waals surface area contributed by atoms with Crippen LogP contribution in [0.2, 0.25) is 0 Å². The maximum absolute atomic E-state index is 10.7. The molecule has 1 heterocycles. The van der Waals surface area contributed by atoms with E-state index in [-0.39, 0.29) is 0 Å². The Morgan fingerprint density at radius 3 is 2.74 bits per heavy atom. The van der Waals surface area contributed by atoms with Gasteiger partial charge in [0.2, 0.25) is 0 Å². The predicted molar refractivity (Wildman–Crippen MR) is 74.1 cm³/mol. The second kappa shape index (κ2) is 5.45. The summed E-state index contributed by atoms with van der Waals surface area (Å²) in [5.41, 5.74) is -0.120. The van der Waals surface area contributed by atoms with Crippen LogP contribution >= 0.6 is 0 Å². The average Bonchev–Trinajstić information content (AvgIpc) is 2.82. The molecule has 0 amide bonds. The van der Waals surface area contributed by atoms with Crippen molar-refractivity contribution in [3.63, 3.8) is 0 Å². The summed E-state index contributed by atoms with van der Waals surface area (Å²) in [5, 5.41) is 10.7. The molecule has 0 spiro atoms. The summed E-state index contributed by atoms with van der Waals surface area (Å²) in [7, 11) is 3.58. The maximum Gasteiger partial charge on any atom is 0.124 e. The van der Waals surface area contributed by atoms with Crippen LogP contribution in [-0.2, 0) is 19.1 Å². The summed E-state index contributed by atoms with van der Waals surface area (Å²) in [6, 6.07) is 7.58. The zero-order chi connectivity index (χ0) is 13.9. The first-order valence-corrected chi connectivity index (χ1v) is 6.36. The monoisotopic (exact) mass is 260 g/mol. The van der Waals surface area contributed by atoms with Crippen LogP contribution in [0.15, 0.2) is 36.7 Å². The van der Waals surface area contributed by atoms with E-state index in [0.717, 1.165) is 11.4 Å². The van der Waals surface area contributed by atoms with E-state index in [9.17, 15) is 5.11 Å². The fourth-order valence-corrected chi connectivity index (χ4v) is 2.22. The molecule has 19 heavy (non-hydrogen) atoms. The molecule has 1 unspecified atom stereocenters. The average molecular weight is 260 g/mol. The second-order valence-electron chi connectivity index (χ2n) is 4.93.